The van der Waals surface area contributed by atoms with Gasteiger partial charge in [0.15, 0.2) is 0 Å². The normalized spacial score (nSPS) is 11.0. The average Bonchev–Trinajstić information content (AvgIpc) is 3.04. The Bertz CT molecular complexity index is 937. The van der Waals surface area contributed by atoms with Gasteiger partial charge in [-0.15, -0.1) is 11.8 Å². The van der Waals surface area contributed by atoms with Gasteiger partial charge in [-0.1, -0.05) is 30.0 Å². The number of H-pyrrole nitrogens is 1. The molecule has 118 valence electrons. The molecule has 0 saturated heterocycles. The Morgan fingerprint density at radius 1 is 0.833 bits per heavy atom. The lowest BCUT2D eigenvalue weighted by molar-refractivity contribution is 1.14. The van der Waals surface area contributed by atoms with Crippen molar-refractivity contribution in [1.29, 1.82) is 0 Å². The summed E-state index contributed by atoms with van der Waals surface area (Å²) in [6.07, 6.45) is 3.63. The van der Waals surface area contributed by atoms with Crippen LogP contribution in [0, 0.1) is 0 Å². The summed E-state index contributed by atoms with van der Waals surface area (Å²) in [5.74, 6) is 1.84. The summed E-state index contributed by atoms with van der Waals surface area (Å²) in [6, 6.07) is 20.8. The third-order valence-electron chi connectivity index (χ3n) is 3.51. The predicted molar refractivity (Wildman–Crippen MR) is 100 cm³/mol. The minimum atomic E-state index is 0.839. The molecule has 4 rings (SSSR count). The highest BCUT2D eigenvalue weighted by molar-refractivity contribution is 7.99. The first kappa shape index (κ1) is 15.3. The number of thioether (sulfide) groups is 1. The summed E-state index contributed by atoms with van der Waals surface area (Å²) in [5.41, 5.74) is 2.09. The summed E-state index contributed by atoms with van der Waals surface area (Å²) in [4.78, 5) is 15.8. The van der Waals surface area contributed by atoms with Crippen LogP contribution in [-0.2, 0) is 5.75 Å². The minimum absolute atomic E-state index is 0.839. The van der Waals surface area contributed by atoms with Gasteiger partial charge in [0.05, 0.1) is 16.8 Å². The summed E-state index contributed by atoms with van der Waals surface area (Å²) in [7, 11) is 0. The second-order valence-corrected chi connectivity index (χ2v) is 7.44. The van der Waals surface area contributed by atoms with Gasteiger partial charge in [0.25, 0.3) is 0 Å². The quantitative estimate of drug-likeness (QED) is 0.490. The first-order valence-electron chi connectivity index (χ1n) is 7.61. The number of nitrogens with zero attached hydrogens (tertiary/aromatic N) is 2. The van der Waals surface area contributed by atoms with E-state index < -0.39 is 0 Å². The van der Waals surface area contributed by atoms with Crippen molar-refractivity contribution in [3.05, 3.63) is 78.9 Å². The fraction of sp³-hybridized carbons (Fsp3) is 0.0526. The number of imidazole rings is 1. The molecule has 3 nitrogen and oxygen atoms in total. The molecule has 0 aliphatic rings. The maximum absolute atomic E-state index is 4.73. The van der Waals surface area contributed by atoms with E-state index in [4.69, 9.17) is 4.98 Å². The molecule has 4 aromatic rings. The SMILES string of the molecule is c1ccc(SCc2nc3cc(Sc4ccncc4)ccc3[nH]2)cc1. The van der Waals surface area contributed by atoms with Crippen molar-refractivity contribution >= 4 is 34.6 Å². The smallest absolute Gasteiger partial charge is 0.117 e. The van der Waals surface area contributed by atoms with Crippen molar-refractivity contribution in [3.63, 3.8) is 0 Å². The van der Waals surface area contributed by atoms with Crippen LogP contribution in [0.25, 0.3) is 11.0 Å². The number of aromatic nitrogens is 3. The highest BCUT2D eigenvalue weighted by Crippen LogP contribution is 2.29. The van der Waals surface area contributed by atoms with E-state index in [9.17, 15) is 0 Å². The van der Waals surface area contributed by atoms with Crippen LogP contribution in [0.15, 0.2) is 87.7 Å². The number of pyridine rings is 1. The molecule has 0 saturated carbocycles. The predicted octanol–water partition coefficient (Wildman–Crippen LogP) is 5.40. The molecule has 0 unspecified atom stereocenters. The molecule has 24 heavy (non-hydrogen) atoms. The van der Waals surface area contributed by atoms with Gasteiger partial charge >= 0.3 is 0 Å². The Hall–Kier alpha value is -2.24. The van der Waals surface area contributed by atoms with Crippen molar-refractivity contribution in [2.75, 3.05) is 0 Å². The largest absolute Gasteiger partial charge is 0.341 e. The van der Waals surface area contributed by atoms with Crippen LogP contribution in [0.5, 0.6) is 0 Å². The maximum Gasteiger partial charge on any atom is 0.117 e. The summed E-state index contributed by atoms with van der Waals surface area (Å²) >= 11 is 3.51. The van der Waals surface area contributed by atoms with Gasteiger partial charge in [-0.25, -0.2) is 4.98 Å². The Labute approximate surface area is 148 Å². The standard InChI is InChI=1S/C19H15N3S2/c1-2-4-14(5-3-1)23-13-19-21-17-7-6-16(12-18(17)22-19)24-15-8-10-20-11-9-15/h1-12H,13H2,(H,21,22). The fourth-order valence-corrected chi connectivity index (χ4v) is 4.01. The average molecular weight is 349 g/mol. The molecule has 2 aromatic heterocycles. The van der Waals surface area contributed by atoms with E-state index in [1.54, 1.807) is 23.5 Å². The highest BCUT2D eigenvalue weighted by Gasteiger charge is 2.06. The van der Waals surface area contributed by atoms with E-state index in [1.165, 1.54) is 14.7 Å². The van der Waals surface area contributed by atoms with E-state index in [2.05, 4.69) is 52.4 Å². The number of rotatable bonds is 5. The first-order valence-corrected chi connectivity index (χ1v) is 9.41. The van der Waals surface area contributed by atoms with E-state index in [1.807, 2.05) is 30.6 Å². The third-order valence-corrected chi connectivity index (χ3v) is 5.53. The van der Waals surface area contributed by atoms with Crippen LogP contribution in [0.4, 0.5) is 0 Å². The Morgan fingerprint density at radius 3 is 2.50 bits per heavy atom. The van der Waals surface area contributed by atoms with Gasteiger partial charge in [0.2, 0.25) is 0 Å². The molecule has 0 aliphatic carbocycles. The van der Waals surface area contributed by atoms with Crippen LogP contribution >= 0.6 is 23.5 Å². The van der Waals surface area contributed by atoms with E-state index >= 15 is 0 Å². The lowest BCUT2D eigenvalue weighted by atomic mass is 10.3. The Kier molecular flexibility index (Phi) is 4.53. The molecule has 0 amide bonds. The van der Waals surface area contributed by atoms with Gasteiger partial charge in [-0.05, 0) is 42.5 Å². The summed E-state index contributed by atoms with van der Waals surface area (Å²) in [6.45, 7) is 0. The molecular weight excluding hydrogens is 334 g/mol. The van der Waals surface area contributed by atoms with Crippen LogP contribution in [-0.4, -0.2) is 15.0 Å². The molecule has 2 aromatic carbocycles. The van der Waals surface area contributed by atoms with E-state index in [0.717, 1.165) is 22.6 Å². The lowest BCUT2D eigenvalue weighted by Gasteiger charge is -2.00. The van der Waals surface area contributed by atoms with Gasteiger partial charge < -0.3 is 4.98 Å². The summed E-state index contributed by atoms with van der Waals surface area (Å²) in [5, 5.41) is 0. The topological polar surface area (TPSA) is 41.6 Å². The van der Waals surface area contributed by atoms with Crippen LogP contribution < -0.4 is 0 Å². The molecular formula is C19H15N3S2. The monoisotopic (exact) mass is 349 g/mol. The third kappa shape index (κ3) is 3.63. The van der Waals surface area contributed by atoms with Gasteiger partial charge in [-0.3, -0.25) is 4.98 Å². The van der Waals surface area contributed by atoms with E-state index in [0.29, 0.717) is 0 Å². The zero-order valence-corrected chi connectivity index (χ0v) is 14.5. The van der Waals surface area contributed by atoms with Crippen LogP contribution in [0.1, 0.15) is 5.82 Å². The van der Waals surface area contributed by atoms with Crippen LogP contribution in [0.3, 0.4) is 0 Å². The second kappa shape index (κ2) is 7.11. The molecule has 0 fully saturated rings. The maximum atomic E-state index is 4.73. The molecule has 0 atom stereocenters. The fourth-order valence-electron chi connectivity index (χ4n) is 2.38. The first-order chi connectivity index (χ1) is 11.9. The van der Waals surface area contributed by atoms with Gasteiger partial charge in [0, 0.05) is 27.1 Å². The van der Waals surface area contributed by atoms with Crippen molar-refractivity contribution < 1.29 is 0 Å². The molecule has 0 aliphatic heterocycles. The van der Waals surface area contributed by atoms with Gasteiger partial charge in [-0.2, -0.15) is 0 Å². The lowest BCUT2D eigenvalue weighted by Crippen LogP contribution is -1.82. The molecule has 2 heterocycles. The second-order valence-electron chi connectivity index (χ2n) is 5.25. The van der Waals surface area contributed by atoms with Crippen molar-refractivity contribution in [2.24, 2.45) is 0 Å². The minimum Gasteiger partial charge on any atom is -0.341 e. The Morgan fingerprint density at radius 2 is 1.67 bits per heavy atom. The van der Waals surface area contributed by atoms with E-state index in [-0.39, 0.29) is 0 Å². The van der Waals surface area contributed by atoms with Gasteiger partial charge in [0.1, 0.15) is 5.82 Å². The van der Waals surface area contributed by atoms with Crippen molar-refractivity contribution in [2.45, 2.75) is 20.4 Å². The molecule has 0 spiro atoms. The van der Waals surface area contributed by atoms with Crippen molar-refractivity contribution in [3.8, 4) is 0 Å². The number of aromatic amines is 1. The van der Waals surface area contributed by atoms with Crippen LogP contribution in [0.2, 0.25) is 0 Å². The molecule has 1 N–H and O–H groups in total. The van der Waals surface area contributed by atoms with Crippen molar-refractivity contribution in [1.82, 2.24) is 15.0 Å². The number of hydrogen-bond acceptors (Lipinski definition) is 4. The Balaban J connectivity index is 1.51. The zero-order valence-electron chi connectivity index (χ0n) is 12.8. The number of hydrogen-bond donors (Lipinski definition) is 1. The zero-order chi connectivity index (χ0) is 16.2. The number of fused-ring (bicyclic) bond motifs is 1. The molecule has 5 heteroatoms. The molecule has 0 radical (unpaired) electrons. The highest BCUT2D eigenvalue weighted by atomic mass is 32.2. The number of nitrogens with one attached hydrogen (secondary N) is 1. The number of benzene rings is 2. The molecule has 0 bridgehead atoms. The summed E-state index contributed by atoms with van der Waals surface area (Å²) < 4.78 is 0.